The fraction of sp³-hybridized carbons (Fsp3) is 1.00. The molecule has 1 spiro atoms. The van der Waals surface area contributed by atoms with Crippen LogP contribution in [-0.2, 0) is 4.74 Å². The summed E-state index contributed by atoms with van der Waals surface area (Å²) in [7, 11) is 2.38. The molecule has 1 aliphatic heterocycles. The minimum Gasteiger partial charge on any atom is -0.375 e. The molecule has 0 aromatic rings. The number of rotatable bonds is 5. The molecular weight excluding hydrogens is 260 g/mol. The molecule has 21 heavy (non-hydrogen) atoms. The van der Waals surface area contributed by atoms with Crippen LogP contribution < -0.4 is 5.32 Å². The van der Waals surface area contributed by atoms with Gasteiger partial charge >= 0.3 is 0 Å². The zero-order chi connectivity index (χ0) is 14.7. The molecule has 0 aromatic carbocycles. The summed E-state index contributed by atoms with van der Waals surface area (Å²) in [5, 5.41) is 3.70. The van der Waals surface area contributed by atoms with Gasteiger partial charge in [-0.05, 0) is 77.8 Å². The lowest BCUT2D eigenvalue weighted by molar-refractivity contribution is -0.150. The van der Waals surface area contributed by atoms with E-state index >= 15 is 0 Å². The Hall–Kier alpha value is -0.120. The van der Waals surface area contributed by atoms with Crippen molar-refractivity contribution in [1.82, 2.24) is 10.2 Å². The van der Waals surface area contributed by atoms with E-state index in [1.54, 1.807) is 0 Å². The Bertz CT molecular complexity index is 321. The van der Waals surface area contributed by atoms with Gasteiger partial charge in [0.2, 0.25) is 0 Å². The van der Waals surface area contributed by atoms with Gasteiger partial charge < -0.3 is 15.0 Å². The van der Waals surface area contributed by atoms with E-state index in [4.69, 9.17) is 4.74 Å². The third-order valence-electron chi connectivity index (χ3n) is 6.26. The Balaban J connectivity index is 1.46. The van der Waals surface area contributed by atoms with Gasteiger partial charge in [0.25, 0.3) is 0 Å². The van der Waals surface area contributed by atoms with Crippen molar-refractivity contribution in [2.24, 2.45) is 0 Å². The van der Waals surface area contributed by atoms with E-state index in [1.165, 1.54) is 70.8 Å². The first-order chi connectivity index (χ1) is 10.2. The normalized spacial score (nSPS) is 35.9. The zero-order valence-corrected chi connectivity index (χ0v) is 14.1. The van der Waals surface area contributed by atoms with E-state index in [0.29, 0.717) is 0 Å². The molecule has 2 saturated carbocycles. The van der Waals surface area contributed by atoms with Gasteiger partial charge in [-0.15, -0.1) is 0 Å². The largest absolute Gasteiger partial charge is 0.375 e. The van der Waals surface area contributed by atoms with Crippen molar-refractivity contribution in [3.05, 3.63) is 0 Å². The van der Waals surface area contributed by atoms with Crippen molar-refractivity contribution in [2.45, 2.75) is 94.9 Å². The molecule has 1 atom stereocenters. The van der Waals surface area contributed by atoms with Crippen LogP contribution >= 0.6 is 0 Å². The fourth-order valence-corrected chi connectivity index (χ4v) is 4.60. The van der Waals surface area contributed by atoms with Crippen molar-refractivity contribution >= 4 is 0 Å². The zero-order valence-electron chi connectivity index (χ0n) is 14.1. The quantitative estimate of drug-likeness (QED) is 0.842. The summed E-state index contributed by atoms with van der Waals surface area (Å²) in [4.78, 5) is 2.72. The molecule has 3 heteroatoms. The van der Waals surface area contributed by atoms with Crippen molar-refractivity contribution in [1.29, 1.82) is 0 Å². The van der Waals surface area contributed by atoms with Gasteiger partial charge in [-0.1, -0.05) is 6.92 Å². The molecule has 122 valence electrons. The van der Waals surface area contributed by atoms with Crippen LogP contribution in [0.2, 0.25) is 0 Å². The monoisotopic (exact) mass is 294 g/mol. The molecule has 0 aromatic heterocycles. The molecule has 1 heterocycles. The smallest absolute Gasteiger partial charge is 0.0697 e. The Morgan fingerprint density at radius 1 is 1.10 bits per heavy atom. The highest BCUT2D eigenvalue weighted by Gasteiger charge is 2.44. The second-order valence-corrected chi connectivity index (χ2v) is 7.66. The van der Waals surface area contributed by atoms with Gasteiger partial charge in [0, 0.05) is 24.7 Å². The van der Waals surface area contributed by atoms with Gasteiger partial charge in [-0.25, -0.2) is 0 Å². The van der Waals surface area contributed by atoms with Crippen LogP contribution in [0.15, 0.2) is 0 Å². The van der Waals surface area contributed by atoms with Crippen LogP contribution in [0.5, 0.6) is 0 Å². The van der Waals surface area contributed by atoms with E-state index < -0.39 is 0 Å². The van der Waals surface area contributed by atoms with Gasteiger partial charge in [0.15, 0.2) is 0 Å². The van der Waals surface area contributed by atoms with Crippen molar-refractivity contribution in [3.63, 3.8) is 0 Å². The van der Waals surface area contributed by atoms with Crippen LogP contribution in [0.4, 0.5) is 0 Å². The maximum absolute atomic E-state index is 6.09. The molecule has 1 unspecified atom stereocenters. The van der Waals surface area contributed by atoms with Crippen LogP contribution in [0.1, 0.15) is 71.1 Å². The van der Waals surface area contributed by atoms with Gasteiger partial charge in [-0.2, -0.15) is 0 Å². The summed E-state index contributed by atoms with van der Waals surface area (Å²) in [6.45, 7) is 4.43. The lowest BCUT2D eigenvalue weighted by Gasteiger charge is -2.50. The summed E-state index contributed by atoms with van der Waals surface area (Å²) in [6, 6.07) is 2.36. The average molecular weight is 294 g/mol. The Labute approximate surface area is 130 Å². The standard InChI is InChI=1S/C18H34N2O/c1-3-12-19-15-5-7-16(8-6-15)20(2)17-9-13-21-18(14-17)10-4-11-18/h15-17,19H,3-14H2,1-2H3. The molecule has 3 nitrogen and oxygen atoms in total. The van der Waals surface area contributed by atoms with Crippen LogP contribution in [0.25, 0.3) is 0 Å². The molecule has 3 fully saturated rings. The molecule has 3 aliphatic rings. The number of hydrogen-bond donors (Lipinski definition) is 1. The molecule has 1 saturated heterocycles. The minimum atomic E-state index is 0.289. The lowest BCUT2D eigenvalue weighted by atomic mass is 9.73. The topological polar surface area (TPSA) is 24.5 Å². The predicted molar refractivity (Wildman–Crippen MR) is 87.7 cm³/mol. The molecule has 1 N–H and O–H groups in total. The van der Waals surface area contributed by atoms with Crippen molar-refractivity contribution in [2.75, 3.05) is 20.2 Å². The number of hydrogen-bond acceptors (Lipinski definition) is 3. The maximum Gasteiger partial charge on any atom is 0.0697 e. The summed E-state index contributed by atoms with van der Waals surface area (Å²) in [5.41, 5.74) is 0.289. The SMILES string of the molecule is CCCNC1CCC(N(C)C2CCOC3(CCC3)C2)CC1. The molecule has 0 bridgehead atoms. The van der Waals surface area contributed by atoms with Gasteiger partial charge in [0.1, 0.15) is 0 Å². The average Bonchev–Trinajstić information content (AvgIpc) is 2.51. The first-order valence-electron chi connectivity index (χ1n) is 9.32. The van der Waals surface area contributed by atoms with Crippen molar-refractivity contribution in [3.8, 4) is 0 Å². The second-order valence-electron chi connectivity index (χ2n) is 7.66. The highest BCUT2D eigenvalue weighted by Crippen LogP contribution is 2.43. The van der Waals surface area contributed by atoms with Crippen LogP contribution in [0, 0.1) is 0 Å². The highest BCUT2D eigenvalue weighted by molar-refractivity contribution is 4.97. The third kappa shape index (κ3) is 3.62. The highest BCUT2D eigenvalue weighted by atomic mass is 16.5. The van der Waals surface area contributed by atoms with Gasteiger partial charge in [-0.3, -0.25) is 0 Å². The predicted octanol–water partition coefficient (Wildman–Crippen LogP) is 3.33. The molecule has 3 rings (SSSR count). The maximum atomic E-state index is 6.09. The van der Waals surface area contributed by atoms with Crippen LogP contribution in [-0.4, -0.2) is 48.8 Å². The summed E-state index contributed by atoms with van der Waals surface area (Å²) < 4.78 is 6.09. The Kier molecular flexibility index (Phi) is 5.23. The van der Waals surface area contributed by atoms with E-state index in [2.05, 4.69) is 24.2 Å². The van der Waals surface area contributed by atoms with E-state index in [0.717, 1.165) is 24.7 Å². The summed E-state index contributed by atoms with van der Waals surface area (Å²) >= 11 is 0. The van der Waals surface area contributed by atoms with Crippen molar-refractivity contribution < 1.29 is 4.74 Å². The third-order valence-corrected chi connectivity index (χ3v) is 6.26. The first kappa shape index (κ1) is 15.8. The summed E-state index contributed by atoms with van der Waals surface area (Å²) in [5.74, 6) is 0. The number of nitrogens with zero attached hydrogens (tertiary/aromatic N) is 1. The fourth-order valence-electron chi connectivity index (χ4n) is 4.60. The minimum absolute atomic E-state index is 0.289. The molecule has 2 aliphatic carbocycles. The summed E-state index contributed by atoms with van der Waals surface area (Å²) in [6.07, 6.45) is 13.3. The van der Waals surface area contributed by atoms with Crippen LogP contribution in [0.3, 0.4) is 0 Å². The van der Waals surface area contributed by atoms with E-state index in [9.17, 15) is 0 Å². The second kappa shape index (κ2) is 6.97. The number of ether oxygens (including phenoxy) is 1. The molecule has 0 radical (unpaired) electrons. The first-order valence-corrected chi connectivity index (χ1v) is 9.32. The van der Waals surface area contributed by atoms with E-state index in [-0.39, 0.29) is 5.60 Å². The lowest BCUT2D eigenvalue weighted by Crippen LogP contribution is -2.54. The Morgan fingerprint density at radius 3 is 2.48 bits per heavy atom. The molecular formula is C18H34N2O. The Morgan fingerprint density at radius 2 is 1.86 bits per heavy atom. The van der Waals surface area contributed by atoms with E-state index in [1.807, 2.05) is 0 Å². The van der Waals surface area contributed by atoms with Gasteiger partial charge in [0.05, 0.1) is 5.60 Å². The number of nitrogens with one attached hydrogen (secondary N) is 1. The molecule has 0 amide bonds.